The molecule has 0 aromatic heterocycles. The smallest absolute Gasteiger partial charge is 0.471 e. The number of alkyl halides is 3. The van der Waals surface area contributed by atoms with Gasteiger partial charge in [-0.05, 0) is 0 Å². The Labute approximate surface area is 660 Å². The van der Waals surface area contributed by atoms with Gasteiger partial charge in [0.25, 0.3) is 0 Å². The Morgan fingerprint density at radius 1 is 0.303 bits per heavy atom. The SMILES string of the molecule is O=C(O)[C@H]1O[C@@H](O)[C@H](O)[C@@H](O)[C@@H]1O[C@H]1O[C@H](CO)[C@@H](O[C@@H]2O[C@@H](C(=O)O)[C@@H](O[C@H]3O[C@H](CO)[C@@H](O[C@@H]4O[C@@H](C(=O)O)[C@@H](O[C@H]5O[C@H](CO)[C@@H](O[C@@H]6O[C@H](C(=O)O)[C@@H](O[C@H]7O[C@H](CO)[C@@H](O)[C@H](O)[C@H]7NC(=O)C(F)(F)F)[C@H](O)[C@H]6O)[C@H](O)[C@H]5NS(=O)(=O)O)[C@H](O)[C@H]4OS(=O)(=O)O)[C@H](O)[C@H]3NS(=O)(=O)O)[C@H](O)[C@H]2OS(=O)(=O)O)[C@H](O)[C@H]1NS(=O)(=O)O. The lowest BCUT2D eigenvalue weighted by Crippen LogP contribution is -2.71. The van der Waals surface area contributed by atoms with Gasteiger partial charge < -0.3 is 179 Å². The minimum absolute atomic E-state index is 1.19. The lowest BCUT2D eigenvalue weighted by Gasteiger charge is -2.50. The van der Waals surface area contributed by atoms with Crippen LogP contribution in [0.3, 0.4) is 0 Å². The molecule has 0 unspecified atom stereocenters. The van der Waals surface area contributed by atoms with Crippen molar-refractivity contribution in [3.63, 3.8) is 0 Å². The highest BCUT2D eigenvalue weighted by atomic mass is 32.3. The molecule has 8 fully saturated rings. The Kier molecular flexibility index (Phi) is 32.7. The molecular formula is C50H77F3N4O57S5. The topological polar surface area (TPSA) is 967 Å². The minimum atomic E-state index is -6.23. The van der Waals surface area contributed by atoms with Gasteiger partial charge in [-0.3, -0.25) is 27.6 Å². The number of aliphatic hydroxyl groups excluding tert-OH is 16. The largest absolute Gasteiger partial charge is 0.479 e. The Hall–Kier alpha value is -4.75. The number of ether oxygens (including phenoxy) is 15. The number of hydrogen-bond acceptors (Lipinski definition) is 48. The van der Waals surface area contributed by atoms with Crippen molar-refractivity contribution in [3.8, 4) is 0 Å². The first kappa shape index (κ1) is 99.7. The van der Waals surface area contributed by atoms with Crippen molar-refractivity contribution in [2.75, 3.05) is 26.4 Å². The van der Waals surface area contributed by atoms with E-state index in [1.165, 1.54) is 19.5 Å². The molecule has 69 heteroatoms. The summed E-state index contributed by atoms with van der Waals surface area (Å²) in [5, 5.41) is 217. The first-order valence-electron chi connectivity index (χ1n) is 33.0. The fourth-order valence-corrected chi connectivity index (χ4v) is 15.9. The highest BCUT2D eigenvalue weighted by Crippen LogP contribution is 2.41. The van der Waals surface area contributed by atoms with Gasteiger partial charge in [0.2, 0.25) is 0 Å². The number of aliphatic hydroxyl groups is 16. The zero-order valence-electron chi connectivity index (χ0n) is 58.3. The van der Waals surface area contributed by atoms with Crippen molar-refractivity contribution in [2.45, 2.75) is 252 Å². The van der Waals surface area contributed by atoms with Gasteiger partial charge in [0, 0.05) is 0 Å². The van der Waals surface area contributed by atoms with Crippen LogP contribution in [-0.2, 0) is 155 Å². The lowest BCUT2D eigenvalue weighted by atomic mass is 9.94. The molecule has 61 nitrogen and oxygen atoms in total. The molecule has 8 aliphatic rings. The molecular weight excluding hydrogens is 1790 g/mol. The number of aliphatic carboxylic acids is 4. The number of rotatable bonds is 33. The molecule has 0 saturated carbocycles. The number of amides is 1. The summed E-state index contributed by atoms with van der Waals surface area (Å²) in [5.41, 5.74) is 0. The average molecular weight is 1860 g/mol. The summed E-state index contributed by atoms with van der Waals surface area (Å²) >= 11 is 0. The van der Waals surface area contributed by atoms with Gasteiger partial charge in [0.15, 0.2) is 86.9 Å². The van der Waals surface area contributed by atoms with E-state index < -0.39 is 359 Å². The molecule has 690 valence electrons. The van der Waals surface area contributed by atoms with Gasteiger partial charge in [-0.2, -0.15) is 69.4 Å². The van der Waals surface area contributed by atoms with E-state index in [2.05, 4.69) is 8.37 Å². The van der Waals surface area contributed by atoms with Crippen LogP contribution in [0.4, 0.5) is 13.2 Å². The first-order valence-corrected chi connectivity index (χ1v) is 40.1. The van der Waals surface area contributed by atoms with Crippen LogP contribution in [0.15, 0.2) is 0 Å². The Bertz CT molecular complexity index is 4120. The molecule has 0 aromatic rings. The summed E-state index contributed by atoms with van der Waals surface area (Å²) in [5.74, 6) is -12.1. The van der Waals surface area contributed by atoms with Crippen LogP contribution in [-0.4, -0.2) is 475 Å². The summed E-state index contributed by atoms with van der Waals surface area (Å²) in [7, 11) is -30.0. The van der Waals surface area contributed by atoms with Crippen LogP contribution < -0.4 is 19.5 Å². The number of carboxylic acid groups (broad SMARTS) is 4. The summed E-state index contributed by atoms with van der Waals surface area (Å²) in [6.07, 6.45) is -106. The average Bonchev–Trinajstić information content (AvgIpc) is 0.758. The zero-order chi connectivity index (χ0) is 89.7. The van der Waals surface area contributed by atoms with Crippen LogP contribution >= 0.6 is 0 Å². The van der Waals surface area contributed by atoms with E-state index in [-0.39, 0.29) is 0 Å². The maximum atomic E-state index is 13.4. The minimum Gasteiger partial charge on any atom is -0.479 e. The molecule has 0 bridgehead atoms. The quantitative estimate of drug-likeness (QED) is 0.0271. The van der Waals surface area contributed by atoms with Crippen LogP contribution in [0.1, 0.15) is 0 Å². The van der Waals surface area contributed by atoms with Crippen LogP contribution in [0.2, 0.25) is 0 Å². The summed E-state index contributed by atoms with van der Waals surface area (Å²) < 4.78 is 307. The first-order chi connectivity index (χ1) is 54.7. The summed E-state index contributed by atoms with van der Waals surface area (Å²) in [6.45, 7) is -6.22. The number of nitrogens with one attached hydrogen (secondary N) is 4. The molecule has 0 aromatic carbocycles. The Morgan fingerprint density at radius 3 is 0.866 bits per heavy atom. The summed E-state index contributed by atoms with van der Waals surface area (Å²) in [4.78, 5) is 63.0. The predicted octanol–water partition coefficient (Wildman–Crippen LogP) is -19.5. The second-order valence-corrected chi connectivity index (χ2v) is 32.1. The molecule has 0 radical (unpaired) electrons. The van der Waals surface area contributed by atoms with Crippen molar-refractivity contribution in [3.05, 3.63) is 0 Å². The van der Waals surface area contributed by atoms with E-state index in [1.54, 1.807) is 0 Å². The Balaban J connectivity index is 1.04. The van der Waals surface area contributed by atoms with Gasteiger partial charge in [0.05, 0.1) is 26.4 Å². The Morgan fingerprint density at radius 2 is 0.571 bits per heavy atom. The van der Waals surface area contributed by atoms with Crippen molar-refractivity contribution in [1.82, 2.24) is 19.5 Å². The number of halogens is 3. The number of carbonyl (C=O) groups is 5. The third kappa shape index (κ3) is 23.9. The fraction of sp³-hybridized carbons (Fsp3) is 0.900. The van der Waals surface area contributed by atoms with Gasteiger partial charge in [-0.1, -0.05) is 0 Å². The molecule has 1 amide bonds. The molecule has 8 heterocycles. The van der Waals surface area contributed by atoms with Crippen molar-refractivity contribution < 1.29 is 284 Å². The molecule has 0 aliphatic carbocycles. The monoisotopic (exact) mass is 1860 g/mol. The maximum absolute atomic E-state index is 13.4. The highest BCUT2D eigenvalue weighted by Gasteiger charge is 2.64. The third-order valence-electron chi connectivity index (χ3n) is 18.5. The van der Waals surface area contributed by atoms with Crippen molar-refractivity contribution >= 4 is 81.5 Å². The predicted molar refractivity (Wildman–Crippen MR) is 337 cm³/mol. The molecule has 0 spiro atoms. The standard InChI is InChI=1S/C50H77F3N4O57S5/c51-50(52,53)49(82)54-9-14(63)13(62)5(1-58)98-42(9)106-28-19(68)21(70)46(110-34(28)38(75)76)103-24-6(2-59)99-44(10(15(24)64)55-115(83,84)85)108-29-22(71)31(113-118(92,93)94)48(111-35(29)39(77)78)105-26-8(4-61)101-45(12(17(26)66)57-117(89,90)91)109-30-23(72)32(114-119(95,96)97)47(112-36(30)40(79)80)104-25-7(3-60)100-43(11(16(25)65)56-116(86,87)88)107-27-18(67)20(69)41(81)102-33(27)37(73)74/h5-36,41-48,55-72,81H,1-4H2,(H,54,82)(H,73,74)(H,75,76)(H,77,78)(H,79,80)(H,83,84,85)(H,86,87,88)(H,89,90,91)(H,92,93,94)(H,95,96,97)/t5-,6-,7-,8-,9-,10-,11-,12-,13-,14-,15-,16-,17-,18-,19-,20-,21-,22+,23+,24-,25-,26-,27+,28+,29+,30+,31-,32-,33+,34+,35-,36-,41-,42-,43-,44-,45-,46-,47-,48-/m1/s1. The number of hydrogen-bond donors (Lipinski definition) is 29. The van der Waals surface area contributed by atoms with E-state index in [1.807, 2.05) is 0 Å². The van der Waals surface area contributed by atoms with Gasteiger partial charge >= 0.3 is 87.7 Å². The van der Waals surface area contributed by atoms with Crippen LogP contribution in [0.25, 0.3) is 0 Å². The van der Waals surface area contributed by atoms with E-state index in [0.717, 1.165) is 0 Å². The zero-order valence-corrected chi connectivity index (χ0v) is 62.4. The second kappa shape index (κ2) is 39.0. The van der Waals surface area contributed by atoms with Crippen molar-refractivity contribution in [1.29, 1.82) is 0 Å². The van der Waals surface area contributed by atoms with Gasteiger partial charge in [0.1, 0.15) is 158 Å². The number of carboxylic acids is 4. The van der Waals surface area contributed by atoms with Crippen LogP contribution in [0.5, 0.6) is 0 Å². The molecule has 8 rings (SSSR count). The van der Waals surface area contributed by atoms with Crippen molar-refractivity contribution in [2.24, 2.45) is 0 Å². The molecule has 40 atom stereocenters. The van der Waals surface area contributed by atoms with Crippen LogP contribution in [0, 0.1) is 0 Å². The third-order valence-corrected chi connectivity index (χ3v) is 21.1. The lowest BCUT2D eigenvalue weighted by molar-refractivity contribution is -0.379. The molecule has 29 N–H and O–H groups in total. The molecule has 8 aliphatic heterocycles. The maximum Gasteiger partial charge on any atom is 0.471 e. The number of carbonyl (C=O) groups excluding carboxylic acids is 1. The summed E-state index contributed by atoms with van der Waals surface area (Å²) in [6, 6.07) is -11.1. The molecule has 8 saturated heterocycles. The van der Waals surface area contributed by atoms with E-state index >= 15 is 0 Å². The highest BCUT2D eigenvalue weighted by molar-refractivity contribution is 7.84. The second-order valence-electron chi connectivity index (χ2n) is 26.4. The van der Waals surface area contributed by atoms with E-state index in [0.29, 0.717) is 0 Å². The van der Waals surface area contributed by atoms with Gasteiger partial charge in [-0.25, -0.2) is 27.5 Å². The van der Waals surface area contributed by atoms with E-state index in [9.17, 15) is 204 Å². The van der Waals surface area contributed by atoms with E-state index in [4.69, 9.17) is 71.1 Å². The van der Waals surface area contributed by atoms with Gasteiger partial charge in [-0.15, -0.1) is 0 Å². The normalized spacial score (nSPS) is 43.7. The fourth-order valence-electron chi connectivity index (χ4n) is 13.2. The molecule has 119 heavy (non-hydrogen) atoms.